The van der Waals surface area contributed by atoms with Crippen LogP contribution in [-0.4, -0.2) is 148 Å². The number of carboxylic acid groups (broad SMARTS) is 1. The van der Waals surface area contributed by atoms with E-state index in [1.807, 2.05) is 0 Å². The molecule has 0 rings (SSSR count). The number of hydrogen-bond donors (Lipinski definition) is 15. The fraction of sp³-hybridized carbons (Fsp3) is 0.692. The number of guanidine groups is 1. The maximum absolute atomic E-state index is 13.1. The lowest BCUT2D eigenvalue weighted by Gasteiger charge is -2.27. The number of hydrogen-bond acceptors (Lipinski definition) is 13. The summed E-state index contributed by atoms with van der Waals surface area (Å²) >= 11 is 0. The number of aliphatic hydroxyl groups excluding tert-OH is 4. The molecular weight excluding hydrogens is 644 g/mol. The van der Waals surface area contributed by atoms with Gasteiger partial charge in [0.15, 0.2) is 5.96 Å². The summed E-state index contributed by atoms with van der Waals surface area (Å²) in [4.78, 5) is 86.8. The van der Waals surface area contributed by atoms with Crippen molar-refractivity contribution in [3.63, 3.8) is 0 Å². The van der Waals surface area contributed by atoms with Gasteiger partial charge in [-0.25, -0.2) is 0 Å². The van der Waals surface area contributed by atoms with Gasteiger partial charge in [0.2, 0.25) is 35.4 Å². The molecule has 0 aromatic rings. The number of nitrogens with one attached hydrogen (secondary N) is 8. The first-order valence-electron chi connectivity index (χ1n) is 14.8. The summed E-state index contributed by atoms with van der Waals surface area (Å²) in [7, 11) is 1.40. The first kappa shape index (κ1) is 43.4. The van der Waals surface area contributed by atoms with Gasteiger partial charge in [-0.3, -0.25) is 39.0 Å². The van der Waals surface area contributed by atoms with E-state index in [9.17, 15) is 54.0 Å². The molecule has 274 valence electrons. The minimum atomic E-state index is -1.80. The number of carboxylic acids is 1. The zero-order valence-corrected chi connectivity index (χ0v) is 26.8. The first-order chi connectivity index (χ1) is 22.4. The van der Waals surface area contributed by atoms with Crippen LogP contribution in [-0.2, 0) is 33.6 Å². The van der Waals surface area contributed by atoms with Crippen molar-refractivity contribution in [2.75, 3.05) is 26.8 Å². The van der Waals surface area contributed by atoms with E-state index in [0.29, 0.717) is 0 Å². The average Bonchev–Trinajstić information content (AvgIpc) is 2.99. The summed E-state index contributed by atoms with van der Waals surface area (Å²) in [5, 5.41) is 71.6. The van der Waals surface area contributed by atoms with Gasteiger partial charge in [0.25, 0.3) is 0 Å². The maximum atomic E-state index is 13.1. The van der Waals surface area contributed by atoms with Crippen molar-refractivity contribution in [2.45, 2.75) is 88.0 Å². The molecule has 48 heavy (non-hydrogen) atoms. The lowest BCUT2D eigenvalue weighted by atomic mass is 10.1. The van der Waals surface area contributed by atoms with Crippen molar-refractivity contribution in [3.8, 4) is 0 Å². The lowest BCUT2D eigenvalue weighted by molar-refractivity contribution is -0.138. The van der Waals surface area contributed by atoms with E-state index in [1.54, 1.807) is 0 Å². The van der Waals surface area contributed by atoms with Gasteiger partial charge in [0, 0.05) is 13.0 Å². The molecule has 0 aromatic carbocycles. The molecule has 0 spiro atoms. The summed E-state index contributed by atoms with van der Waals surface area (Å²) < 4.78 is 0. The van der Waals surface area contributed by atoms with Crippen LogP contribution in [0.5, 0.6) is 0 Å². The topological polar surface area (TPSA) is 381 Å². The number of amides is 6. The zero-order chi connectivity index (χ0) is 37.1. The summed E-state index contributed by atoms with van der Waals surface area (Å²) in [5.74, 6) is -7.96. The van der Waals surface area contributed by atoms with Gasteiger partial charge in [-0.2, -0.15) is 0 Å². The van der Waals surface area contributed by atoms with Gasteiger partial charge in [-0.15, -0.1) is 0 Å². The van der Waals surface area contributed by atoms with Crippen LogP contribution in [0.15, 0.2) is 0 Å². The Balaban J connectivity index is 5.71. The average molecular weight is 693 g/mol. The molecule has 6 amide bonds. The van der Waals surface area contributed by atoms with Gasteiger partial charge < -0.3 is 74.2 Å². The lowest BCUT2D eigenvalue weighted by Crippen LogP contribution is -2.62. The van der Waals surface area contributed by atoms with Crippen molar-refractivity contribution in [3.05, 3.63) is 0 Å². The fourth-order valence-corrected chi connectivity index (χ4v) is 4.06. The van der Waals surface area contributed by atoms with E-state index in [2.05, 4.69) is 37.2 Å². The van der Waals surface area contributed by atoms with Crippen molar-refractivity contribution in [1.29, 1.82) is 5.41 Å². The molecule has 0 saturated heterocycles. The van der Waals surface area contributed by atoms with Crippen molar-refractivity contribution in [2.24, 2.45) is 11.5 Å². The van der Waals surface area contributed by atoms with E-state index >= 15 is 0 Å². The molecule has 8 atom stereocenters. The Hall–Kier alpha value is -4.64. The third kappa shape index (κ3) is 15.8. The van der Waals surface area contributed by atoms with Crippen molar-refractivity contribution < 1.29 is 59.1 Å². The summed E-state index contributed by atoms with van der Waals surface area (Å²) in [5.41, 5.74) is 10.4. The number of carbonyl (C=O) groups is 7. The first-order valence-corrected chi connectivity index (χ1v) is 14.8. The second-order valence-corrected chi connectivity index (χ2v) is 10.7. The highest BCUT2D eigenvalue weighted by Gasteiger charge is 2.34. The number of primary amides is 1. The highest BCUT2D eigenvalue weighted by Crippen LogP contribution is 2.04. The molecule has 0 unspecified atom stereocenters. The Morgan fingerprint density at radius 1 is 0.667 bits per heavy atom. The van der Waals surface area contributed by atoms with E-state index in [4.69, 9.17) is 22.0 Å². The normalized spacial score (nSPS) is 15.9. The minimum Gasteiger partial charge on any atom is -0.481 e. The molecule has 0 radical (unpaired) electrons. The molecule has 0 aliphatic heterocycles. The molecule has 0 aliphatic carbocycles. The Bertz CT molecular complexity index is 1140. The molecule has 22 nitrogen and oxygen atoms in total. The predicted octanol–water partition coefficient (Wildman–Crippen LogP) is -7.64. The largest absolute Gasteiger partial charge is 0.481 e. The van der Waals surface area contributed by atoms with Crippen molar-refractivity contribution in [1.82, 2.24) is 37.2 Å². The molecule has 0 bridgehead atoms. The zero-order valence-electron chi connectivity index (χ0n) is 26.8. The Kier molecular flexibility index (Phi) is 19.9. The van der Waals surface area contributed by atoms with E-state index in [0.717, 1.165) is 6.92 Å². The molecule has 0 fully saturated rings. The van der Waals surface area contributed by atoms with Crippen LogP contribution in [0.25, 0.3) is 0 Å². The van der Waals surface area contributed by atoms with Crippen LogP contribution < -0.4 is 48.7 Å². The Morgan fingerprint density at radius 3 is 1.52 bits per heavy atom. The number of aliphatic hydroxyl groups is 4. The molecule has 17 N–H and O–H groups in total. The van der Waals surface area contributed by atoms with E-state index in [1.165, 1.54) is 14.0 Å². The monoisotopic (exact) mass is 692 g/mol. The second kappa shape index (κ2) is 22.0. The molecule has 0 heterocycles. The Labute approximate surface area is 275 Å². The van der Waals surface area contributed by atoms with Crippen molar-refractivity contribution >= 4 is 47.4 Å². The maximum Gasteiger partial charge on any atom is 0.303 e. The van der Waals surface area contributed by atoms with Crippen LogP contribution in [0, 0.1) is 5.41 Å². The third-order valence-electron chi connectivity index (χ3n) is 6.69. The number of carbonyl (C=O) groups excluding carboxylic acids is 6. The van der Waals surface area contributed by atoms with Gasteiger partial charge >= 0.3 is 5.97 Å². The molecule has 0 aliphatic rings. The molecule has 0 aromatic heterocycles. The second-order valence-electron chi connectivity index (χ2n) is 10.7. The van der Waals surface area contributed by atoms with Gasteiger partial charge in [-0.05, 0) is 40.2 Å². The standard InChI is InChI=1S/C26H48N10O12/c1-11(39)18(30-3)24(47)33-14(5-4-8-31-26(28)29)21(44)34-15(9-37)22(45)35-16(10-38)23(46)36-19(12(2)40)25(48)32-13(20(27)43)6-7-17(41)42/h11-16,18-19,30,37-40H,4-10H2,1-3H3,(H2,27,43)(H,32,48)(H,33,47)(H,34,44)(H,35,45)(H,36,46)(H,41,42)(H4,28,29,31)/t11-,12-,13+,14+,15+,16+,18+,19+/m1/s1. The van der Waals surface area contributed by atoms with Gasteiger partial charge in [-0.1, -0.05) is 0 Å². The predicted molar refractivity (Wildman–Crippen MR) is 165 cm³/mol. The highest BCUT2D eigenvalue weighted by atomic mass is 16.4. The molecular formula is C26H48N10O12. The molecule has 0 saturated carbocycles. The van der Waals surface area contributed by atoms with Crippen LogP contribution in [0.1, 0.15) is 39.5 Å². The number of aliphatic carboxylic acids is 1. The SMILES string of the molecule is CN[C@H](C(=O)N[C@@H](CCCNC(=N)N)C(=O)N[C@@H](CO)C(=O)N[C@@H](CO)C(=O)N[C@H](C(=O)N[C@@H](CCC(=O)O)C(N)=O)[C@@H](C)O)[C@@H](C)O. The van der Waals surface area contributed by atoms with Crippen LogP contribution >= 0.6 is 0 Å². The number of nitrogens with two attached hydrogens (primary N) is 2. The summed E-state index contributed by atoms with van der Waals surface area (Å²) in [6.45, 7) is 0.487. The quantitative estimate of drug-likeness (QED) is 0.0269. The smallest absolute Gasteiger partial charge is 0.303 e. The highest BCUT2D eigenvalue weighted by molar-refractivity contribution is 5.97. The third-order valence-corrected chi connectivity index (χ3v) is 6.69. The number of likely N-dealkylation sites (N-methyl/N-ethyl adjacent to an activating group) is 1. The van der Waals surface area contributed by atoms with Gasteiger partial charge in [0.05, 0.1) is 25.4 Å². The van der Waals surface area contributed by atoms with E-state index < -0.39 is 116 Å². The minimum absolute atomic E-state index is 0.0503. The van der Waals surface area contributed by atoms with Crippen LogP contribution in [0.4, 0.5) is 0 Å². The fourth-order valence-electron chi connectivity index (χ4n) is 4.06. The van der Waals surface area contributed by atoms with E-state index in [-0.39, 0.29) is 25.3 Å². The molecule has 22 heteroatoms. The summed E-state index contributed by atoms with van der Waals surface area (Å²) in [6, 6.07) is -9.20. The Morgan fingerprint density at radius 2 is 1.10 bits per heavy atom. The summed E-state index contributed by atoms with van der Waals surface area (Å²) in [6.07, 6.45) is -3.55. The number of rotatable bonds is 23. The van der Waals surface area contributed by atoms with Crippen LogP contribution in [0.3, 0.4) is 0 Å². The van der Waals surface area contributed by atoms with Gasteiger partial charge in [0.1, 0.15) is 36.3 Å². The van der Waals surface area contributed by atoms with Crippen LogP contribution in [0.2, 0.25) is 0 Å².